The lowest BCUT2D eigenvalue weighted by molar-refractivity contribution is -0.233. The van der Waals surface area contributed by atoms with E-state index in [0.29, 0.717) is 13.0 Å². The van der Waals surface area contributed by atoms with Gasteiger partial charge in [0.05, 0.1) is 18.1 Å². The molecule has 0 radical (unpaired) electrons. The van der Waals surface area contributed by atoms with Gasteiger partial charge < -0.3 is 23.7 Å². The number of hydrogen-bond acceptors (Lipinski definition) is 8. The van der Waals surface area contributed by atoms with E-state index in [4.69, 9.17) is 23.7 Å². The smallest absolute Gasteiger partial charge is 0.303 e. The Morgan fingerprint density at radius 1 is 1.14 bits per heavy atom. The summed E-state index contributed by atoms with van der Waals surface area (Å²) >= 11 is 0. The van der Waals surface area contributed by atoms with Crippen LogP contribution in [-0.2, 0) is 38.1 Å². The molecule has 3 fully saturated rings. The molecule has 1 saturated carbocycles. The average molecular weight is 408 g/mol. The van der Waals surface area contributed by atoms with Gasteiger partial charge in [-0.25, -0.2) is 0 Å². The standard InChI is InChI=1S/C21H28O8/c1-11-6-7-20(9-25-12(2)22)15(8-11)29-18-16(27-13(3)23)17(28-14(4)24)19(20,5)21(18)10-26-21/h8,15-18H,6-7,9-10H2,1-5H3/t15-,16-,17-,18-,19-,20-,21?/m1/s1. The molecule has 2 saturated heterocycles. The Labute approximate surface area is 169 Å². The SMILES string of the molecule is CC(=O)OC[C@]12CCC(C)=C[C@H]1O[C@@H]1[C@H](OC(C)=O)[C@@H](OC(C)=O)[C@@]2(C)C12CO2. The minimum Gasteiger partial charge on any atom is -0.465 e. The summed E-state index contributed by atoms with van der Waals surface area (Å²) in [6.07, 6.45) is 1.00. The largest absolute Gasteiger partial charge is 0.465 e. The van der Waals surface area contributed by atoms with E-state index < -0.39 is 46.7 Å². The highest BCUT2D eigenvalue weighted by atomic mass is 16.7. The first kappa shape index (κ1) is 20.3. The van der Waals surface area contributed by atoms with Crippen LogP contribution in [0.2, 0.25) is 0 Å². The third kappa shape index (κ3) is 2.68. The summed E-state index contributed by atoms with van der Waals surface area (Å²) in [5.41, 5.74) is -1.04. The first-order chi connectivity index (χ1) is 13.6. The second-order valence-electron chi connectivity index (χ2n) is 8.91. The fourth-order valence-electron chi connectivity index (χ4n) is 5.88. The molecule has 160 valence electrons. The van der Waals surface area contributed by atoms with Gasteiger partial charge >= 0.3 is 17.9 Å². The number of hydrogen-bond donors (Lipinski definition) is 0. The molecule has 8 heteroatoms. The van der Waals surface area contributed by atoms with Crippen LogP contribution in [0.4, 0.5) is 0 Å². The summed E-state index contributed by atoms with van der Waals surface area (Å²) in [7, 11) is 0. The predicted octanol–water partition coefficient (Wildman–Crippen LogP) is 1.70. The topological polar surface area (TPSA) is 101 Å². The second kappa shape index (κ2) is 6.54. The van der Waals surface area contributed by atoms with Crippen molar-refractivity contribution in [2.45, 2.75) is 77.5 Å². The number of carbonyl (C=O) groups is 3. The zero-order valence-electron chi connectivity index (χ0n) is 17.5. The van der Waals surface area contributed by atoms with E-state index in [-0.39, 0.29) is 18.7 Å². The normalized spacial score (nSPS) is 44.5. The quantitative estimate of drug-likeness (QED) is 0.300. The van der Waals surface area contributed by atoms with Gasteiger partial charge in [-0.05, 0) is 19.8 Å². The lowest BCUT2D eigenvalue weighted by atomic mass is 9.51. The van der Waals surface area contributed by atoms with Crippen LogP contribution in [0, 0.1) is 10.8 Å². The summed E-state index contributed by atoms with van der Waals surface area (Å²) in [4.78, 5) is 35.6. The number of esters is 3. The van der Waals surface area contributed by atoms with E-state index in [0.717, 1.165) is 6.42 Å². The first-order valence-corrected chi connectivity index (χ1v) is 10.0. The van der Waals surface area contributed by atoms with Crippen LogP contribution >= 0.6 is 0 Å². The molecule has 4 aliphatic rings. The Hall–Kier alpha value is -1.93. The van der Waals surface area contributed by atoms with Crippen molar-refractivity contribution < 1.29 is 38.1 Å². The zero-order valence-corrected chi connectivity index (χ0v) is 17.5. The number of carbonyl (C=O) groups excluding carboxylic acids is 3. The molecule has 0 N–H and O–H groups in total. The Bertz CT molecular complexity index is 784. The molecule has 0 aromatic rings. The van der Waals surface area contributed by atoms with Gasteiger partial charge in [-0.2, -0.15) is 0 Å². The Kier molecular flexibility index (Phi) is 4.59. The third-order valence-corrected chi connectivity index (χ3v) is 7.36. The van der Waals surface area contributed by atoms with E-state index in [1.165, 1.54) is 26.3 Å². The van der Waals surface area contributed by atoms with Crippen LogP contribution in [0.25, 0.3) is 0 Å². The van der Waals surface area contributed by atoms with Crippen LogP contribution in [0.5, 0.6) is 0 Å². The Morgan fingerprint density at radius 2 is 1.79 bits per heavy atom. The molecule has 1 unspecified atom stereocenters. The van der Waals surface area contributed by atoms with E-state index in [2.05, 4.69) is 6.08 Å². The molecule has 2 bridgehead atoms. The summed E-state index contributed by atoms with van der Waals surface area (Å²) in [5.74, 6) is -1.34. The minimum atomic E-state index is -0.794. The van der Waals surface area contributed by atoms with E-state index >= 15 is 0 Å². The molecule has 2 aliphatic heterocycles. The van der Waals surface area contributed by atoms with Crippen molar-refractivity contribution in [1.82, 2.24) is 0 Å². The lowest BCUT2D eigenvalue weighted by Crippen LogP contribution is -2.66. The Morgan fingerprint density at radius 3 is 2.34 bits per heavy atom. The fraction of sp³-hybridized carbons (Fsp3) is 0.762. The molecule has 0 aromatic carbocycles. The molecule has 8 nitrogen and oxygen atoms in total. The maximum atomic E-state index is 12.0. The highest BCUT2D eigenvalue weighted by molar-refractivity contribution is 5.68. The number of fused-ring (bicyclic) bond motifs is 2. The maximum absolute atomic E-state index is 12.0. The van der Waals surface area contributed by atoms with Gasteiger partial charge in [-0.1, -0.05) is 18.6 Å². The highest BCUT2D eigenvalue weighted by Crippen LogP contribution is 2.72. The first-order valence-electron chi connectivity index (χ1n) is 10.0. The number of rotatable bonds is 4. The molecule has 1 spiro atoms. The van der Waals surface area contributed by atoms with Crippen molar-refractivity contribution in [2.24, 2.45) is 10.8 Å². The average Bonchev–Trinajstić information content (AvgIpc) is 3.40. The fourth-order valence-corrected chi connectivity index (χ4v) is 5.88. The van der Waals surface area contributed by atoms with Gasteiger partial charge in [-0.15, -0.1) is 0 Å². The number of ether oxygens (including phenoxy) is 5. The molecule has 4 rings (SSSR count). The van der Waals surface area contributed by atoms with E-state index in [9.17, 15) is 14.4 Å². The van der Waals surface area contributed by atoms with Gasteiger partial charge in [0.1, 0.15) is 18.3 Å². The van der Waals surface area contributed by atoms with Crippen molar-refractivity contribution in [3.05, 3.63) is 11.6 Å². The van der Waals surface area contributed by atoms with Crippen molar-refractivity contribution in [3.63, 3.8) is 0 Å². The zero-order chi connectivity index (χ0) is 21.2. The number of epoxide rings is 1. The van der Waals surface area contributed by atoms with Gasteiger partial charge in [0.15, 0.2) is 12.2 Å². The maximum Gasteiger partial charge on any atom is 0.303 e. The predicted molar refractivity (Wildman–Crippen MR) is 98.6 cm³/mol. The van der Waals surface area contributed by atoms with E-state index in [1.54, 1.807) is 0 Å². The highest BCUT2D eigenvalue weighted by Gasteiger charge is 2.86. The molecular weight excluding hydrogens is 380 g/mol. The van der Waals surface area contributed by atoms with Gasteiger partial charge in [0.2, 0.25) is 0 Å². The van der Waals surface area contributed by atoms with Crippen molar-refractivity contribution in [3.8, 4) is 0 Å². The molecule has 7 atom stereocenters. The molecule has 2 heterocycles. The van der Waals surface area contributed by atoms with Crippen molar-refractivity contribution in [1.29, 1.82) is 0 Å². The molecule has 0 aromatic heterocycles. The van der Waals surface area contributed by atoms with Gasteiger partial charge in [-0.3, -0.25) is 14.4 Å². The van der Waals surface area contributed by atoms with E-state index in [1.807, 2.05) is 13.8 Å². The monoisotopic (exact) mass is 408 g/mol. The van der Waals surface area contributed by atoms with Gasteiger partial charge in [0, 0.05) is 26.2 Å². The van der Waals surface area contributed by atoms with Crippen LogP contribution in [0.1, 0.15) is 47.5 Å². The van der Waals surface area contributed by atoms with Crippen LogP contribution in [-0.4, -0.2) is 61.1 Å². The second-order valence-corrected chi connectivity index (χ2v) is 8.91. The molecule has 2 aliphatic carbocycles. The molecule has 29 heavy (non-hydrogen) atoms. The summed E-state index contributed by atoms with van der Waals surface area (Å²) in [5, 5.41) is 0. The van der Waals surface area contributed by atoms with Crippen LogP contribution in [0.15, 0.2) is 11.6 Å². The molecular formula is C21H28O8. The molecule has 0 amide bonds. The summed E-state index contributed by atoms with van der Waals surface area (Å²) in [6, 6.07) is 0. The minimum absolute atomic E-state index is 0.107. The van der Waals surface area contributed by atoms with Crippen LogP contribution < -0.4 is 0 Å². The number of allylic oxidation sites excluding steroid dienone is 1. The summed E-state index contributed by atoms with van der Waals surface area (Å²) in [6.45, 7) is 8.57. The van der Waals surface area contributed by atoms with Gasteiger partial charge in [0.25, 0.3) is 0 Å². The third-order valence-electron chi connectivity index (χ3n) is 7.36. The van der Waals surface area contributed by atoms with Crippen LogP contribution in [0.3, 0.4) is 0 Å². The Balaban J connectivity index is 1.87. The summed E-state index contributed by atoms with van der Waals surface area (Å²) < 4.78 is 29.4. The van der Waals surface area contributed by atoms with Crippen molar-refractivity contribution >= 4 is 17.9 Å². The van der Waals surface area contributed by atoms with Crippen molar-refractivity contribution in [2.75, 3.05) is 13.2 Å². The lowest BCUT2D eigenvalue weighted by Gasteiger charge is -2.57.